The second kappa shape index (κ2) is 4.09. The first-order valence-electron chi connectivity index (χ1n) is 4.78. The summed E-state index contributed by atoms with van der Waals surface area (Å²) in [7, 11) is 2.12. The van der Waals surface area contributed by atoms with E-state index < -0.39 is 0 Å². The lowest BCUT2D eigenvalue weighted by molar-refractivity contribution is 0.699. The largest absolute Gasteiger partial charge is 0.397 e. The van der Waals surface area contributed by atoms with Gasteiger partial charge in [0.2, 0.25) is 0 Å². The molecule has 2 heterocycles. The number of hydrogen-bond donors (Lipinski definition) is 1. The summed E-state index contributed by atoms with van der Waals surface area (Å²) in [5, 5.41) is 0. The number of rotatable bonds is 2. The average molecular weight is 209 g/mol. The minimum atomic E-state index is 0.642. The molecular weight excluding hydrogens is 194 g/mol. The van der Waals surface area contributed by atoms with Crippen LogP contribution in [0.25, 0.3) is 0 Å². The van der Waals surface area contributed by atoms with Crippen LogP contribution in [0.3, 0.4) is 0 Å². The molecule has 1 saturated heterocycles. The van der Waals surface area contributed by atoms with E-state index in [4.69, 9.17) is 5.73 Å². The molecule has 2 N–H and O–H groups in total. The Morgan fingerprint density at radius 3 is 3.07 bits per heavy atom. The fourth-order valence-electron chi connectivity index (χ4n) is 1.68. The van der Waals surface area contributed by atoms with Crippen LogP contribution >= 0.6 is 11.8 Å². The molecule has 14 heavy (non-hydrogen) atoms. The molecule has 3 nitrogen and oxygen atoms in total. The Morgan fingerprint density at radius 1 is 1.57 bits per heavy atom. The zero-order valence-corrected chi connectivity index (χ0v) is 9.13. The van der Waals surface area contributed by atoms with Crippen LogP contribution in [-0.2, 0) is 0 Å². The first kappa shape index (κ1) is 9.65. The van der Waals surface area contributed by atoms with E-state index in [9.17, 15) is 0 Å². The van der Waals surface area contributed by atoms with E-state index in [-0.39, 0.29) is 0 Å². The predicted molar refractivity (Wildman–Crippen MR) is 62.8 cm³/mol. The number of thioether (sulfide) groups is 1. The minimum absolute atomic E-state index is 0.642. The number of aromatic nitrogens is 1. The molecule has 0 amide bonds. The van der Waals surface area contributed by atoms with E-state index >= 15 is 0 Å². The first-order valence-corrected chi connectivity index (χ1v) is 5.94. The molecule has 1 aliphatic heterocycles. The van der Waals surface area contributed by atoms with Gasteiger partial charge >= 0.3 is 0 Å². The standard InChI is InChI=1S/C10H15N3S/c1-13(9-2-3-14-7-9)10-4-8(11)5-12-6-10/h4-6,9H,2-3,7,11H2,1H3. The van der Waals surface area contributed by atoms with Crippen molar-refractivity contribution in [2.75, 3.05) is 29.2 Å². The SMILES string of the molecule is CN(c1cncc(N)c1)C1CCSC1. The van der Waals surface area contributed by atoms with Crippen molar-refractivity contribution in [3.05, 3.63) is 18.5 Å². The van der Waals surface area contributed by atoms with Crippen LogP contribution in [-0.4, -0.2) is 29.6 Å². The maximum Gasteiger partial charge on any atom is 0.0573 e. The van der Waals surface area contributed by atoms with Gasteiger partial charge in [0.25, 0.3) is 0 Å². The van der Waals surface area contributed by atoms with Crippen molar-refractivity contribution < 1.29 is 0 Å². The maximum absolute atomic E-state index is 5.70. The molecule has 0 bridgehead atoms. The molecule has 1 fully saturated rings. The normalized spacial score (nSPS) is 21.1. The highest BCUT2D eigenvalue weighted by atomic mass is 32.2. The summed E-state index contributed by atoms with van der Waals surface area (Å²) in [5.74, 6) is 2.48. The second-order valence-corrected chi connectivity index (χ2v) is 4.75. The highest BCUT2D eigenvalue weighted by molar-refractivity contribution is 7.99. The number of nitrogens with zero attached hydrogens (tertiary/aromatic N) is 2. The Bertz CT molecular complexity index is 310. The Labute approximate surface area is 88.7 Å². The zero-order chi connectivity index (χ0) is 9.97. The van der Waals surface area contributed by atoms with E-state index in [2.05, 4.69) is 16.9 Å². The van der Waals surface area contributed by atoms with E-state index in [0.29, 0.717) is 6.04 Å². The summed E-state index contributed by atoms with van der Waals surface area (Å²) in [6.07, 6.45) is 4.82. The minimum Gasteiger partial charge on any atom is -0.397 e. The van der Waals surface area contributed by atoms with Crippen LogP contribution in [0.4, 0.5) is 11.4 Å². The Morgan fingerprint density at radius 2 is 2.43 bits per heavy atom. The summed E-state index contributed by atoms with van der Waals surface area (Å²) >= 11 is 2.02. The first-order chi connectivity index (χ1) is 6.77. The summed E-state index contributed by atoms with van der Waals surface area (Å²) in [4.78, 5) is 6.38. The van der Waals surface area contributed by atoms with E-state index in [0.717, 1.165) is 11.4 Å². The number of pyridine rings is 1. The third-order valence-electron chi connectivity index (χ3n) is 2.61. The summed E-state index contributed by atoms with van der Waals surface area (Å²) in [6, 6.07) is 2.62. The van der Waals surface area contributed by atoms with Crippen LogP contribution in [0.5, 0.6) is 0 Å². The third kappa shape index (κ3) is 1.95. The molecule has 0 aliphatic carbocycles. The zero-order valence-electron chi connectivity index (χ0n) is 8.31. The molecule has 2 rings (SSSR count). The Balaban J connectivity index is 2.13. The van der Waals surface area contributed by atoms with Gasteiger partial charge in [0.05, 0.1) is 17.6 Å². The molecule has 1 unspecified atom stereocenters. The lowest BCUT2D eigenvalue weighted by atomic mass is 10.2. The molecule has 0 saturated carbocycles. The van der Waals surface area contributed by atoms with Gasteiger partial charge in [0.15, 0.2) is 0 Å². The van der Waals surface area contributed by atoms with Crippen molar-refractivity contribution in [2.45, 2.75) is 12.5 Å². The van der Waals surface area contributed by atoms with Gasteiger partial charge < -0.3 is 10.6 Å². The van der Waals surface area contributed by atoms with Crippen LogP contribution in [0.1, 0.15) is 6.42 Å². The molecule has 0 radical (unpaired) electrons. The van der Waals surface area contributed by atoms with Crippen molar-refractivity contribution in [3.8, 4) is 0 Å². The molecule has 0 spiro atoms. The quantitative estimate of drug-likeness (QED) is 0.803. The van der Waals surface area contributed by atoms with Gasteiger partial charge in [0, 0.05) is 25.0 Å². The third-order valence-corrected chi connectivity index (χ3v) is 3.75. The molecule has 1 aromatic heterocycles. The van der Waals surface area contributed by atoms with E-state index in [1.54, 1.807) is 6.20 Å². The van der Waals surface area contributed by atoms with Gasteiger partial charge in [-0.05, 0) is 18.2 Å². The molecule has 1 atom stereocenters. The summed E-state index contributed by atoms with van der Waals surface area (Å²) in [6.45, 7) is 0. The maximum atomic E-state index is 5.70. The van der Waals surface area contributed by atoms with Gasteiger partial charge in [-0.3, -0.25) is 4.98 Å². The Hall–Kier alpha value is -0.900. The van der Waals surface area contributed by atoms with Crippen LogP contribution < -0.4 is 10.6 Å². The van der Waals surface area contributed by atoms with Crippen molar-refractivity contribution in [2.24, 2.45) is 0 Å². The molecule has 76 valence electrons. The number of nitrogens with two attached hydrogens (primary N) is 1. The second-order valence-electron chi connectivity index (χ2n) is 3.60. The van der Waals surface area contributed by atoms with Gasteiger partial charge in [-0.1, -0.05) is 0 Å². The fourth-order valence-corrected chi connectivity index (χ4v) is 2.94. The van der Waals surface area contributed by atoms with Crippen molar-refractivity contribution in [3.63, 3.8) is 0 Å². The van der Waals surface area contributed by atoms with Gasteiger partial charge in [-0.2, -0.15) is 11.8 Å². The van der Waals surface area contributed by atoms with E-state index in [1.165, 1.54) is 17.9 Å². The van der Waals surface area contributed by atoms with Crippen LogP contribution in [0.2, 0.25) is 0 Å². The topological polar surface area (TPSA) is 42.2 Å². The number of hydrogen-bond acceptors (Lipinski definition) is 4. The molecule has 4 heteroatoms. The molecular formula is C10H15N3S. The molecule has 1 aromatic rings. The lowest BCUT2D eigenvalue weighted by Gasteiger charge is -2.25. The van der Waals surface area contributed by atoms with Gasteiger partial charge in [-0.15, -0.1) is 0 Å². The van der Waals surface area contributed by atoms with Gasteiger partial charge in [-0.25, -0.2) is 0 Å². The Kier molecular flexibility index (Phi) is 2.82. The highest BCUT2D eigenvalue weighted by Gasteiger charge is 2.20. The molecule has 1 aliphatic rings. The summed E-state index contributed by atoms with van der Waals surface area (Å²) < 4.78 is 0. The van der Waals surface area contributed by atoms with Crippen molar-refractivity contribution >= 4 is 23.1 Å². The molecule has 0 aromatic carbocycles. The van der Waals surface area contributed by atoms with Gasteiger partial charge in [0.1, 0.15) is 0 Å². The average Bonchev–Trinajstić information content (AvgIpc) is 2.69. The van der Waals surface area contributed by atoms with E-state index in [1.807, 2.05) is 24.0 Å². The van der Waals surface area contributed by atoms with Crippen molar-refractivity contribution in [1.29, 1.82) is 0 Å². The summed E-state index contributed by atoms with van der Waals surface area (Å²) in [5.41, 5.74) is 7.56. The number of nitrogen functional groups attached to an aromatic ring is 1. The van der Waals surface area contributed by atoms with Crippen LogP contribution in [0.15, 0.2) is 18.5 Å². The van der Waals surface area contributed by atoms with Crippen molar-refractivity contribution in [1.82, 2.24) is 4.98 Å². The fraction of sp³-hybridized carbons (Fsp3) is 0.500. The monoisotopic (exact) mass is 209 g/mol. The predicted octanol–water partition coefficient (Wildman–Crippen LogP) is 1.61. The number of anilines is 2. The van der Waals surface area contributed by atoms with Crippen LogP contribution in [0, 0.1) is 0 Å². The lowest BCUT2D eigenvalue weighted by Crippen LogP contribution is -2.31. The smallest absolute Gasteiger partial charge is 0.0573 e. The highest BCUT2D eigenvalue weighted by Crippen LogP contribution is 2.25.